The van der Waals surface area contributed by atoms with Crippen LogP contribution in [0.5, 0.6) is 0 Å². The Morgan fingerprint density at radius 2 is 1.80 bits per heavy atom. The number of carbonyl (C=O) groups excluding carboxylic acids is 1. The van der Waals surface area contributed by atoms with Crippen LogP contribution in [0.3, 0.4) is 0 Å². The van der Waals surface area contributed by atoms with E-state index in [-0.39, 0.29) is 11.9 Å². The molecule has 0 aliphatic carbocycles. The van der Waals surface area contributed by atoms with Crippen molar-refractivity contribution in [2.24, 2.45) is 0 Å². The molecule has 2 heterocycles. The lowest BCUT2D eigenvalue weighted by Crippen LogP contribution is -2.48. The first-order chi connectivity index (χ1) is 12.1. The number of benzene rings is 1. The van der Waals surface area contributed by atoms with Crippen LogP contribution in [-0.4, -0.2) is 66.4 Å². The van der Waals surface area contributed by atoms with Crippen LogP contribution in [0.1, 0.15) is 37.7 Å². The van der Waals surface area contributed by atoms with Crippen molar-refractivity contribution in [1.29, 1.82) is 0 Å². The molecule has 5 heteroatoms. The highest BCUT2D eigenvalue weighted by atomic mass is 19.1. The minimum atomic E-state index is -0.191. The van der Waals surface area contributed by atoms with Crippen LogP contribution in [0, 0.1) is 5.82 Å². The average molecular weight is 347 g/mol. The molecule has 4 nitrogen and oxygen atoms in total. The van der Waals surface area contributed by atoms with Crippen LogP contribution < -0.4 is 0 Å². The molecule has 1 aromatic carbocycles. The molecule has 0 unspecified atom stereocenters. The van der Waals surface area contributed by atoms with E-state index in [2.05, 4.69) is 21.7 Å². The standard InChI is InChI=1S/C20H30FN3O/c1-22-11-4-2-3-6-19(22)20(25)24-13-5-12-23(14-15-24)16-17-7-9-18(21)10-8-17/h7-10,19H,2-6,11-16H2,1H3/t19-/m0/s1. The van der Waals surface area contributed by atoms with Crippen LogP contribution in [0.15, 0.2) is 24.3 Å². The Kier molecular flexibility index (Phi) is 6.43. The number of carbonyl (C=O) groups is 1. The second kappa shape index (κ2) is 8.77. The molecular formula is C20H30FN3O. The maximum absolute atomic E-state index is 13.0. The highest BCUT2D eigenvalue weighted by Crippen LogP contribution is 2.18. The molecule has 0 N–H and O–H groups in total. The van der Waals surface area contributed by atoms with E-state index in [1.165, 1.54) is 25.0 Å². The van der Waals surface area contributed by atoms with Gasteiger partial charge in [-0.1, -0.05) is 25.0 Å². The fourth-order valence-electron chi connectivity index (χ4n) is 3.97. The lowest BCUT2D eigenvalue weighted by molar-refractivity contribution is -0.136. The Morgan fingerprint density at radius 3 is 2.60 bits per heavy atom. The van der Waals surface area contributed by atoms with Gasteiger partial charge in [0.05, 0.1) is 6.04 Å². The molecule has 0 aromatic heterocycles. The monoisotopic (exact) mass is 347 g/mol. The molecule has 1 atom stereocenters. The minimum Gasteiger partial charge on any atom is -0.340 e. The van der Waals surface area contributed by atoms with Gasteiger partial charge in [-0.2, -0.15) is 0 Å². The van der Waals surface area contributed by atoms with Crippen LogP contribution in [0.4, 0.5) is 4.39 Å². The lowest BCUT2D eigenvalue weighted by Gasteiger charge is -2.30. The van der Waals surface area contributed by atoms with Gasteiger partial charge in [0.1, 0.15) is 5.82 Å². The van der Waals surface area contributed by atoms with Gasteiger partial charge < -0.3 is 4.90 Å². The fraction of sp³-hybridized carbons (Fsp3) is 0.650. The summed E-state index contributed by atoms with van der Waals surface area (Å²) in [7, 11) is 2.09. The summed E-state index contributed by atoms with van der Waals surface area (Å²) in [5, 5.41) is 0. The second-order valence-electron chi connectivity index (χ2n) is 7.43. The molecule has 2 saturated heterocycles. The van der Waals surface area contributed by atoms with Crippen LogP contribution in [0.2, 0.25) is 0 Å². The van der Waals surface area contributed by atoms with Gasteiger partial charge in [0.25, 0.3) is 0 Å². The summed E-state index contributed by atoms with van der Waals surface area (Å²) in [5.74, 6) is 0.122. The van der Waals surface area contributed by atoms with E-state index in [1.54, 1.807) is 0 Å². The molecule has 1 aromatic rings. The Balaban J connectivity index is 1.55. The van der Waals surface area contributed by atoms with Crippen molar-refractivity contribution in [2.45, 2.75) is 44.7 Å². The quantitative estimate of drug-likeness (QED) is 0.841. The van der Waals surface area contributed by atoms with Crippen LogP contribution in [0.25, 0.3) is 0 Å². The van der Waals surface area contributed by atoms with Crippen LogP contribution in [-0.2, 0) is 11.3 Å². The van der Waals surface area contributed by atoms with Gasteiger partial charge in [0.15, 0.2) is 0 Å². The van der Waals surface area contributed by atoms with E-state index in [1.807, 2.05) is 12.1 Å². The van der Waals surface area contributed by atoms with E-state index in [4.69, 9.17) is 0 Å². The van der Waals surface area contributed by atoms with Gasteiger partial charge in [0, 0.05) is 32.7 Å². The van der Waals surface area contributed by atoms with Crippen molar-refractivity contribution < 1.29 is 9.18 Å². The van der Waals surface area contributed by atoms with Gasteiger partial charge >= 0.3 is 0 Å². The third kappa shape index (κ3) is 5.02. The number of rotatable bonds is 3. The number of amides is 1. The molecule has 0 radical (unpaired) electrons. The fourth-order valence-corrected chi connectivity index (χ4v) is 3.97. The van der Waals surface area contributed by atoms with Gasteiger partial charge in [-0.05, 0) is 50.6 Å². The molecule has 0 bridgehead atoms. The molecule has 1 amide bonds. The lowest BCUT2D eigenvalue weighted by atomic mass is 10.1. The van der Waals surface area contributed by atoms with E-state index >= 15 is 0 Å². The smallest absolute Gasteiger partial charge is 0.239 e. The van der Waals surface area contributed by atoms with Gasteiger partial charge in [-0.3, -0.25) is 14.6 Å². The van der Waals surface area contributed by atoms with Crippen molar-refractivity contribution in [2.75, 3.05) is 39.8 Å². The number of halogens is 1. The molecule has 25 heavy (non-hydrogen) atoms. The first-order valence-electron chi connectivity index (χ1n) is 9.59. The zero-order chi connectivity index (χ0) is 17.6. The molecule has 0 saturated carbocycles. The summed E-state index contributed by atoms with van der Waals surface area (Å²) in [4.78, 5) is 19.7. The summed E-state index contributed by atoms with van der Waals surface area (Å²) in [6, 6.07) is 6.80. The number of hydrogen-bond donors (Lipinski definition) is 0. The van der Waals surface area contributed by atoms with Crippen molar-refractivity contribution in [3.05, 3.63) is 35.6 Å². The van der Waals surface area contributed by atoms with Crippen molar-refractivity contribution in [1.82, 2.24) is 14.7 Å². The van der Waals surface area contributed by atoms with Crippen molar-refractivity contribution in [3.63, 3.8) is 0 Å². The number of hydrogen-bond acceptors (Lipinski definition) is 3. The highest BCUT2D eigenvalue weighted by Gasteiger charge is 2.29. The predicted molar refractivity (Wildman–Crippen MR) is 97.8 cm³/mol. The topological polar surface area (TPSA) is 26.8 Å². The van der Waals surface area contributed by atoms with Gasteiger partial charge in [0.2, 0.25) is 5.91 Å². The first kappa shape index (κ1) is 18.3. The third-order valence-corrected chi connectivity index (χ3v) is 5.53. The minimum absolute atomic E-state index is 0.0612. The maximum atomic E-state index is 13.0. The predicted octanol–water partition coefficient (Wildman–Crippen LogP) is 2.73. The number of likely N-dealkylation sites (N-methyl/N-ethyl adjacent to an activating group) is 1. The van der Waals surface area contributed by atoms with E-state index in [9.17, 15) is 9.18 Å². The summed E-state index contributed by atoms with van der Waals surface area (Å²) in [6.07, 6.45) is 5.59. The third-order valence-electron chi connectivity index (χ3n) is 5.53. The van der Waals surface area contributed by atoms with E-state index < -0.39 is 0 Å². The summed E-state index contributed by atoms with van der Waals surface area (Å²) >= 11 is 0. The largest absolute Gasteiger partial charge is 0.340 e. The summed E-state index contributed by atoms with van der Waals surface area (Å²) in [5.41, 5.74) is 1.13. The maximum Gasteiger partial charge on any atom is 0.239 e. The number of likely N-dealkylation sites (tertiary alicyclic amines) is 1. The zero-order valence-electron chi connectivity index (χ0n) is 15.3. The Hall–Kier alpha value is -1.46. The molecule has 138 valence electrons. The first-order valence-corrected chi connectivity index (χ1v) is 9.59. The Labute approximate surface area is 150 Å². The van der Waals surface area contributed by atoms with Gasteiger partial charge in [-0.25, -0.2) is 4.39 Å². The van der Waals surface area contributed by atoms with Crippen LogP contribution >= 0.6 is 0 Å². The summed E-state index contributed by atoms with van der Waals surface area (Å²) in [6.45, 7) is 5.38. The Bertz CT molecular complexity index is 563. The molecule has 3 rings (SSSR count). The highest BCUT2D eigenvalue weighted by molar-refractivity contribution is 5.82. The van der Waals surface area contributed by atoms with E-state index in [0.717, 1.165) is 64.1 Å². The summed E-state index contributed by atoms with van der Waals surface area (Å²) < 4.78 is 13.0. The molecule has 0 spiro atoms. The molecular weight excluding hydrogens is 317 g/mol. The van der Waals surface area contributed by atoms with Gasteiger partial charge in [-0.15, -0.1) is 0 Å². The molecule has 2 aliphatic heterocycles. The molecule has 2 fully saturated rings. The van der Waals surface area contributed by atoms with E-state index in [0.29, 0.717) is 5.91 Å². The Morgan fingerprint density at radius 1 is 1.00 bits per heavy atom. The molecule has 2 aliphatic rings. The van der Waals surface area contributed by atoms with Crippen molar-refractivity contribution >= 4 is 5.91 Å². The second-order valence-corrected chi connectivity index (χ2v) is 7.43. The SMILES string of the molecule is CN1CCCCC[C@H]1C(=O)N1CCCN(Cc2ccc(F)cc2)CC1. The van der Waals surface area contributed by atoms with Crippen molar-refractivity contribution in [3.8, 4) is 0 Å². The number of nitrogens with zero attached hydrogens (tertiary/aromatic N) is 3. The zero-order valence-corrected chi connectivity index (χ0v) is 15.3. The average Bonchev–Trinajstić information content (AvgIpc) is 2.97. The normalized spacial score (nSPS) is 23.9.